The van der Waals surface area contributed by atoms with Crippen molar-refractivity contribution in [2.75, 3.05) is 26.0 Å². The molecule has 0 aliphatic rings. The number of hydrogen-bond donors (Lipinski definition) is 1. The molecule has 0 radical (unpaired) electrons. The molecule has 0 aliphatic carbocycles. The average molecular weight is 574 g/mol. The summed E-state index contributed by atoms with van der Waals surface area (Å²) in [7, 11) is -0.888. The molecule has 0 heterocycles. The molecular formula is C35H48N3O2P. The summed E-state index contributed by atoms with van der Waals surface area (Å²) in [6, 6.07) is 32.3. The molecule has 1 unspecified atom stereocenters. The number of nitriles is 1. The van der Waals surface area contributed by atoms with Crippen LogP contribution in [-0.4, -0.2) is 42.7 Å². The van der Waals surface area contributed by atoms with E-state index in [9.17, 15) is 9.83 Å². The van der Waals surface area contributed by atoms with Crippen LogP contribution in [0.2, 0.25) is 0 Å². The second-order valence-electron chi connectivity index (χ2n) is 11.3. The van der Waals surface area contributed by atoms with Gasteiger partial charge in [-0.15, -0.1) is 0 Å². The standard InChI is InChI=1S/C35H48N3O2P/c1-29(2)38(30(3)4)41(39,28-16-25-36)27-15-7-6-14-26-37-35(31-17-10-8-11-18-31,32-19-12-9-13-20-32)33-21-23-34(40-5)24-22-33/h8-13,17-24,29-30,37H,6-7,14-16,26-28H2,1-5H3. The van der Waals surface area contributed by atoms with Crippen LogP contribution in [0.15, 0.2) is 84.9 Å². The Kier molecular flexibility index (Phi) is 12.7. The fourth-order valence-electron chi connectivity index (χ4n) is 6.14. The predicted molar refractivity (Wildman–Crippen MR) is 172 cm³/mol. The molecule has 1 atom stereocenters. The van der Waals surface area contributed by atoms with E-state index in [1.807, 2.05) is 12.1 Å². The van der Waals surface area contributed by atoms with Gasteiger partial charge in [-0.2, -0.15) is 5.26 Å². The molecule has 6 heteroatoms. The Morgan fingerprint density at radius 2 is 1.29 bits per heavy atom. The summed E-state index contributed by atoms with van der Waals surface area (Å²) < 4.78 is 21.7. The van der Waals surface area contributed by atoms with Crippen LogP contribution >= 0.6 is 7.29 Å². The zero-order chi connectivity index (χ0) is 29.7. The van der Waals surface area contributed by atoms with Crippen molar-refractivity contribution in [3.05, 3.63) is 102 Å². The van der Waals surface area contributed by atoms with Gasteiger partial charge >= 0.3 is 0 Å². The highest BCUT2D eigenvalue weighted by atomic mass is 31.2. The lowest BCUT2D eigenvalue weighted by Crippen LogP contribution is -2.45. The minimum absolute atomic E-state index is 0.200. The van der Waals surface area contributed by atoms with Gasteiger partial charge in [0, 0.05) is 30.8 Å². The molecule has 1 N–H and O–H groups in total. The predicted octanol–water partition coefficient (Wildman–Crippen LogP) is 8.45. The first-order valence-electron chi connectivity index (χ1n) is 15.0. The highest BCUT2D eigenvalue weighted by Gasteiger charge is 2.36. The van der Waals surface area contributed by atoms with Crippen LogP contribution in [0.3, 0.4) is 0 Å². The molecule has 0 bridgehead atoms. The molecular weight excluding hydrogens is 525 g/mol. The van der Waals surface area contributed by atoms with E-state index in [2.05, 4.69) is 117 Å². The molecule has 0 aromatic heterocycles. The van der Waals surface area contributed by atoms with E-state index in [-0.39, 0.29) is 12.1 Å². The summed E-state index contributed by atoms with van der Waals surface area (Å²) in [6.45, 7) is 9.28. The Hall–Kier alpha value is -2.90. The quantitative estimate of drug-likeness (QED) is 0.0997. The van der Waals surface area contributed by atoms with Crippen molar-refractivity contribution in [3.63, 3.8) is 0 Å². The summed E-state index contributed by atoms with van der Waals surface area (Å²) >= 11 is 0. The van der Waals surface area contributed by atoms with Gasteiger partial charge in [-0.3, -0.25) is 5.32 Å². The van der Waals surface area contributed by atoms with Crippen LogP contribution in [0.4, 0.5) is 0 Å². The van der Waals surface area contributed by atoms with Gasteiger partial charge in [0.2, 0.25) is 0 Å². The molecule has 3 aromatic carbocycles. The fraction of sp³-hybridized carbons (Fsp3) is 0.457. The van der Waals surface area contributed by atoms with Crippen LogP contribution in [0.1, 0.15) is 76.5 Å². The summed E-state index contributed by atoms with van der Waals surface area (Å²) in [4.78, 5) is 0. The van der Waals surface area contributed by atoms with Gasteiger partial charge in [-0.25, -0.2) is 4.67 Å². The van der Waals surface area contributed by atoms with E-state index < -0.39 is 12.8 Å². The van der Waals surface area contributed by atoms with Gasteiger partial charge in [0.25, 0.3) is 0 Å². The van der Waals surface area contributed by atoms with Crippen molar-refractivity contribution in [1.29, 1.82) is 5.26 Å². The van der Waals surface area contributed by atoms with Gasteiger partial charge in [-0.05, 0) is 75.9 Å². The first-order chi connectivity index (χ1) is 19.8. The van der Waals surface area contributed by atoms with Crippen molar-refractivity contribution in [1.82, 2.24) is 9.99 Å². The number of nitrogens with one attached hydrogen (secondary N) is 1. The van der Waals surface area contributed by atoms with Crippen LogP contribution in [0.25, 0.3) is 0 Å². The number of nitrogens with zero attached hydrogens (tertiary/aromatic N) is 2. The van der Waals surface area contributed by atoms with Crippen LogP contribution < -0.4 is 10.1 Å². The first-order valence-corrected chi connectivity index (χ1v) is 17.1. The average Bonchev–Trinajstić information content (AvgIpc) is 2.98. The topological polar surface area (TPSA) is 65.4 Å². The van der Waals surface area contributed by atoms with E-state index in [0.29, 0.717) is 18.7 Å². The third-order valence-electron chi connectivity index (χ3n) is 7.81. The Bertz CT molecular complexity index is 1210. The van der Waals surface area contributed by atoms with Crippen molar-refractivity contribution >= 4 is 7.29 Å². The summed E-state index contributed by atoms with van der Waals surface area (Å²) in [5.74, 6) is 0.837. The molecule has 0 saturated heterocycles. The smallest absolute Gasteiger partial charge is 0.151 e. The minimum Gasteiger partial charge on any atom is -0.497 e. The van der Waals surface area contributed by atoms with Crippen molar-refractivity contribution in [3.8, 4) is 11.8 Å². The Morgan fingerprint density at radius 3 is 1.78 bits per heavy atom. The number of hydrogen-bond acceptors (Lipinski definition) is 4. The number of unbranched alkanes of at least 4 members (excludes halogenated alkanes) is 3. The maximum Gasteiger partial charge on any atom is 0.151 e. The lowest BCUT2D eigenvalue weighted by atomic mass is 9.77. The lowest BCUT2D eigenvalue weighted by molar-refractivity contribution is 0.298. The minimum atomic E-state index is -2.58. The Balaban J connectivity index is 1.73. The lowest BCUT2D eigenvalue weighted by Gasteiger charge is -2.38. The molecule has 0 amide bonds. The summed E-state index contributed by atoms with van der Waals surface area (Å²) in [5.41, 5.74) is 3.04. The Morgan fingerprint density at radius 1 is 0.780 bits per heavy atom. The molecule has 0 fully saturated rings. The molecule has 3 aromatic rings. The van der Waals surface area contributed by atoms with E-state index in [1.165, 1.54) is 11.1 Å². The summed E-state index contributed by atoms with van der Waals surface area (Å²) in [6.07, 6.45) is 5.52. The second kappa shape index (κ2) is 15.9. The van der Waals surface area contributed by atoms with Crippen LogP contribution in [-0.2, 0) is 10.1 Å². The number of benzene rings is 3. The third kappa shape index (κ3) is 8.32. The molecule has 41 heavy (non-hydrogen) atoms. The second-order valence-corrected chi connectivity index (χ2v) is 14.4. The number of methoxy groups -OCH3 is 1. The number of ether oxygens (including phenoxy) is 1. The fourth-order valence-corrected chi connectivity index (χ4v) is 9.68. The molecule has 220 valence electrons. The van der Waals surface area contributed by atoms with Crippen molar-refractivity contribution in [2.24, 2.45) is 0 Å². The van der Waals surface area contributed by atoms with E-state index in [4.69, 9.17) is 4.74 Å². The maximum absolute atomic E-state index is 14.0. The number of rotatable bonds is 17. The SMILES string of the molecule is COc1ccc(C(NCCCCCCP(=O)(CCC#N)N(C(C)C)C(C)C)(c2ccccc2)c2ccccc2)cc1. The zero-order valence-corrected chi connectivity index (χ0v) is 26.4. The molecule has 0 saturated carbocycles. The third-order valence-corrected chi connectivity index (χ3v) is 11.5. The monoisotopic (exact) mass is 573 g/mol. The van der Waals surface area contributed by atoms with Gasteiger partial charge in [0.15, 0.2) is 7.29 Å². The van der Waals surface area contributed by atoms with Gasteiger partial charge in [0.05, 0.1) is 18.7 Å². The molecule has 5 nitrogen and oxygen atoms in total. The molecule has 0 spiro atoms. The highest BCUT2D eigenvalue weighted by molar-refractivity contribution is 7.61. The van der Waals surface area contributed by atoms with Gasteiger partial charge in [-0.1, -0.05) is 85.6 Å². The van der Waals surface area contributed by atoms with Crippen LogP contribution in [0.5, 0.6) is 5.75 Å². The Labute approximate surface area is 248 Å². The van der Waals surface area contributed by atoms with E-state index in [0.717, 1.165) is 43.5 Å². The van der Waals surface area contributed by atoms with E-state index in [1.54, 1.807) is 7.11 Å². The van der Waals surface area contributed by atoms with E-state index >= 15 is 0 Å². The maximum atomic E-state index is 14.0. The van der Waals surface area contributed by atoms with Crippen molar-refractivity contribution < 1.29 is 9.30 Å². The molecule has 0 aliphatic heterocycles. The normalized spacial score (nSPS) is 13.3. The highest BCUT2D eigenvalue weighted by Crippen LogP contribution is 2.53. The van der Waals surface area contributed by atoms with Gasteiger partial charge < -0.3 is 9.30 Å². The zero-order valence-electron chi connectivity index (χ0n) is 25.6. The van der Waals surface area contributed by atoms with Crippen molar-refractivity contribution in [2.45, 2.75) is 77.4 Å². The summed E-state index contributed by atoms with van der Waals surface area (Å²) in [5, 5.41) is 13.2. The largest absolute Gasteiger partial charge is 0.497 e. The first kappa shape index (κ1) is 32.6. The molecule has 3 rings (SSSR count). The van der Waals surface area contributed by atoms with Crippen LogP contribution in [0, 0.1) is 11.3 Å². The van der Waals surface area contributed by atoms with Gasteiger partial charge in [0.1, 0.15) is 5.75 Å².